The van der Waals surface area contributed by atoms with E-state index < -0.39 is 17.9 Å². The third-order valence-corrected chi connectivity index (χ3v) is 7.78. The third kappa shape index (κ3) is 26.1. The lowest BCUT2D eigenvalue weighted by molar-refractivity contribution is -0.927. The number of carboxylic acids is 3. The molecular weight excluding hydrogens is 494 g/mol. The van der Waals surface area contributed by atoms with Gasteiger partial charge in [0.25, 0.3) is 0 Å². The maximum absolute atomic E-state index is 11.1. The summed E-state index contributed by atoms with van der Waals surface area (Å²) in [5.74, 6) is -3.08. The monoisotopic (exact) mass is 553 g/mol. The van der Waals surface area contributed by atoms with E-state index in [0.29, 0.717) is 6.54 Å². The summed E-state index contributed by atoms with van der Waals surface area (Å²) in [6, 6.07) is 0. The molecule has 0 aromatic rings. The van der Waals surface area contributed by atoms with Gasteiger partial charge in [-0.05, 0) is 38.5 Å². The second-order valence-corrected chi connectivity index (χ2v) is 11.4. The van der Waals surface area contributed by atoms with Gasteiger partial charge in [0.15, 0.2) is 0 Å². The fraction of sp³-hybridized carbons (Fsp3) is 0.844. The highest BCUT2D eigenvalue weighted by Crippen LogP contribution is 2.17. The molecular formula is C32H59NO6. The molecule has 0 unspecified atom stereocenters. The second-order valence-electron chi connectivity index (χ2n) is 11.4. The highest BCUT2D eigenvalue weighted by molar-refractivity contribution is 5.67. The normalized spacial score (nSPS) is 11.8. The molecule has 2 N–H and O–H groups in total. The first-order valence-corrected chi connectivity index (χ1v) is 15.9. The molecule has 228 valence electrons. The summed E-state index contributed by atoms with van der Waals surface area (Å²) in [5, 5.41) is 29.3. The molecule has 7 nitrogen and oxygen atoms in total. The van der Waals surface area contributed by atoms with E-state index in [-0.39, 0.29) is 43.4 Å². The van der Waals surface area contributed by atoms with Gasteiger partial charge in [0, 0.05) is 12.4 Å². The number of allylic oxidation sites excluding steroid dienone is 2. The SMILES string of the molecule is CCCCCCCCCCCC/C=C/CCCCCCCCC[N+](CCC(=O)[O-])(CCC(=O)O)CCC(=O)O. The van der Waals surface area contributed by atoms with Crippen LogP contribution in [0.15, 0.2) is 12.2 Å². The summed E-state index contributed by atoms with van der Waals surface area (Å²) in [5.41, 5.74) is 0. The van der Waals surface area contributed by atoms with Gasteiger partial charge in [-0.25, -0.2) is 0 Å². The Labute approximate surface area is 238 Å². The molecule has 0 saturated carbocycles. The van der Waals surface area contributed by atoms with Gasteiger partial charge in [0.2, 0.25) is 0 Å². The van der Waals surface area contributed by atoms with Crippen molar-refractivity contribution >= 4 is 17.9 Å². The van der Waals surface area contributed by atoms with Gasteiger partial charge in [-0.1, -0.05) is 103 Å². The Balaban J connectivity index is 3.89. The maximum Gasteiger partial charge on any atom is 0.309 e. The second kappa shape index (κ2) is 26.3. The summed E-state index contributed by atoms with van der Waals surface area (Å²) < 4.78 is 0.220. The van der Waals surface area contributed by atoms with Crippen molar-refractivity contribution in [2.45, 2.75) is 148 Å². The Hall–Kier alpha value is -1.89. The van der Waals surface area contributed by atoms with Crippen LogP contribution in [0, 0.1) is 0 Å². The number of carboxylic acid groups (broad SMARTS) is 3. The van der Waals surface area contributed by atoms with E-state index in [9.17, 15) is 19.5 Å². The van der Waals surface area contributed by atoms with Gasteiger partial charge in [-0.2, -0.15) is 0 Å². The van der Waals surface area contributed by atoms with Crippen molar-refractivity contribution in [3.8, 4) is 0 Å². The lowest BCUT2D eigenvalue weighted by Gasteiger charge is -2.38. The average molecular weight is 554 g/mol. The van der Waals surface area contributed by atoms with Crippen LogP contribution in [-0.4, -0.2) is 58.8 Å². The molecule has 0 aliphatic rings. The molecule has 0 saturated heterocycles. The van der Waals surface area contributed by atoms with Crippen molar-refractivity contribution in [3.63, 3.8) is 0 Å². The van der Waals surface area contributed by atoms with Gasteiger partial charge in [0.1, 0.15) is 0 Å². The van der Waals surface area contributed by atoms with Crippen molar-refractivity contribution in [1.29, 1.82) is 0 Å². The highest BCUT2D eigenvalue weighted by atomic mass is 16.4. The van der Waals surface area contributed by atoms with Crippen molar-refractivity contribution in [3.05, 3.63) is 12.2 Å². The van der Waals surface area contributed by atoms with Gasteiger partial charge < -0.3 is 24.6 Å². The zero-order valence-electron chi connectivity index (χ0n) is 25.0. The standard InChI is InChI=1S/C32H59NO6/c1-2-3-4-5-6-7-8-9-10-11-12-13-14-15-16-17-18-19-20-21-22-26-33(27-23-30(34)35,28-24-31(36)37)29-25-32(38)39/h13-14H,2-12,15-29H2,1H3,(H2-,34,35,36,37,38,39)/b14-13+. The third-order valence-electron chi connectivity index (χ3n) is 7.78. The largest absolute Gasteiger partial charge is 0.550 e. The zero-order chi connectivity index (χ0) is 29.0. The summed E-state index contributed by atoms with van der Waals surface area (Å²) >= 11 is 0. The minimum atomic E-state index is -1.18. The number of aliphatic carboxylic acids is 3. The Morgan fingerprint density at radius 1 is 0.538 bits per heavy atom. The summed E-state index contributed by atoms with van der Waals surface area (Å²) in [7, 11) is 0. The Morgan fingerprint density at radius 2 is 0.897 bits per heavy atom. The quantitative estimate of drug-likeness (QED) is 0.0569. The van der Waals surface area contributed by atoms with E-state index in [1.54, 1.807) is 0 Å². The Kier molecular flexibility index (Phi) is 25.1. The molecule has 39 heavy (non-hydrogen) atoms. The molecule has 0 bridgehead atoms. The topological polar surface area (TPSA) is 115 Å². The van der Waals surface area contributed by atoms with Crippen LogP contribution in [0.5, 0.6) is 0 Å². The van der Waals surface area contributed by atoms with Gasteiger partial charge in [-0.15, -0.1) is 0 Å². The Morgan fingerprint density at radius 3 is 1.28 bits per heavy atom. The van der Waals surface area contributed by atoms with Gasteiger partial charge in [-0.3, -0.25) is 9.59 Å². The van der Waals surface area contributed by atoms with Crippen molar-refractivity contribution in [1.82, 2.24) is 0 Å². The van der Waals surface area contributed by atoms with E-state index in [0.717, 1.165) is 32.1 Å². The molecule has 0 amide bonds. The van der Waals surface area contributed by atoms with E-state index in [1.165, 1.54) is 89.9 Å². The van der Waals surface area contributed by atoms with Crippen LogP contribution in [-0.2, 0) is 14.4 Å². The molecule has 0 fully saturated rings. The molecule has 0 aromatic heterocycles. The van der Waals surface area contributed by atoms with Crippen molar-refractivity contribution in [2.75, 3.05) is 26.2 Å². The lowest BCUT2D eigenvalue weighted by atomic mass is 10.1. The molecule has 0 spiro atoms. The highest BCUT2D eigenvalue weighted by Gasteiger charge is 2.28. The first kappa shape index (κ1) is 37.1. The molecule has 0 atom stereocenters. The summed E-state index contributed by atoms with van der Waals surface area (Å²) in [6.07, 6.45) is 28.2. The zero-order valence-corrected chi connectivity index (χ0v) is 25.0. The van der Waals surface area contributed by atoms with Crippen LogP contribution >= 0.6 is 0 Å². The van der Waals surface area contributed by atoms with E-state index in [2.05, 4.69) is 19.1 Å². The fourth-order valence-electron chi connectivity index (χ4n) is 5.24. The molecule has 0 aliphatic carbocycles. The van der Waals surface area contributed by atoms with E-state index in [1.807, 2.05) is 0 Å². The number of quaternary nitrogens is 1. The minimum Gasteiger partial charge on any atom is -0.550 e. The Bertz CT molecular complexity index is 603. The van der Waals surface area contributed by atoms with Crippen LogP contribution in [0.4, 0.5) is 0 Å². The number of unbranched alkanes of at least 4 members (excludes halogenated alkanes) is 17. The number of carbonyl (C=O) groups is 3. The maximum atomic E-state index is 11.1. The lowest BCUT2D eigenvalue weighted by Crippen LogP contribution is -2.53. The van der Waals surface area contributed by atoms with Crippen molar-refractivity contribution in [2.24, 2.45) is 0 Å². The van der Waals surface area contributed by atoms with Gasteiger partial charge in [0.05, 0.1) is 39.0 Å². The van der Waals surface area contributed by atoms with E-state index >= 15 is 0 Å². The number of hydrogen-bond donors (Lipinski definition) is 2. The average Bonchev–Trinajstić information content (AvgIpc) is 2.90. The molecule has 0 heterocycles. The number of nitrogens with zero attached hydrogens (tertiary/aromatic N) is 1. The predicted octanol–water partition coefficient (Wildman–Crippen LogP) is 6.88. The first-order valence-electron chi connectivity index (χ1n) is 15.9. The molecule has 0 aromatic carbocycles. The number of rotatable bonds is 30. The number of carbonyl (C=O) groups excluding carboxylic acids is 1. The van der Waals surface area contributed by atoms with Gasteiger partial charge >= 0.3 is 11.9 Å². The minimum absolute atomic E-state index is 0.0969. The van der Waals surface area contributed by atoms with Crippen molar-refractivity contribution < 1.29 is 34.2 Å². The van der Waals surface area contributed by atoms with Crippen LogP contribution < -0.4 is 5.11 Å². The molecule has 0 rings (SSSR count). The molecule has 0 aliphatic heterocycles. The molecule has 0 radical (unpaired) electrons. The first-order chi connectivity index (χ1) is 18.8. The molecule has 7 heteroatoms. The summed E-state index contributed by atoms with van der Waals surface area (Å²) in [4.78, 5) is 33.3. The fourth-order valence-corrected chi connectivity index (χ4v) is 5.24. The smallest absolute Gasteiger partial charge is 0.309 e. The summed E-state index contributed by atoms with van der Waals surface area (Å²) in [6.45, 7) is 3.60. The van der Waals surface area contributed by atoms with Crippen LogP contribution in [0.1, 0.15) is 148 Å². The van der Waals surface area contributed by atoms with Crippen LogP contribution in [0.2, 0.25) is 0 Å². The number of hydrogen-bond acceptors (Lipinski definition) is 4. The van der Waals surface area contributed by atoms with E-state index in [4.69, 9.17) is 10.2 Å². The van der Waals surface area contributed by atoms with Crippen LogP contribution in [0.3, 0.4) is 0 Å². The van der Waals surface area contributed by atoms with Crippen LogP contribution in [0.25, 0.3) is 0 Å². The predicted molar refractivity (Wildman–Crippen MR) is 156 cm³/mol.